The summed E-state index contributed by atoms with van der Waals surface area (Å²) in [4.78, 5) is 12.4. The van der Waals surface area contributed by atoms with Crippen LogP contribution in [-0.4, -0.2) is 17.3 Å². The minimum absolute atomic E-state index is 0.103. The smallest absolute Gasteiger partial charge is 0.224 e. The second-order valence-electron chi connectivity index (χ2n) is 5.31. The minimum Gasteiger partial charge on any atom is -0.356 e. The van der Waals surface area contributed by atoms with E-state index in [1.165, 1.54) is 12.1 Å². The first-order chi connectivity index (χ1) is 9.56. The molecule has 0 heterocycles. The highest BCUT2D eigenvalue weighted by molar-refractivity contribution is 9.09. The molecule has 0 atom stereocenters. The predicted molar refractivity (Wildman–Crippen MR) is 77.7 cm³/mol. The van der Waals surface area contributed by atoms with E-state index in [4.69, 9.17) is 0 Å². The zero-order valence-electron chi connectivity index (χ0n) is 11.2. The molecule has 1 N–H and O–H groups in total. The summed E-state index contributed by atoms with van der Waals surface area (Å²) in [5.41, 5.74) is 0.103. The van der Waals surface area contributed by atoms with E-state index < -0.39 is 11.6 Å². The van der Waals surface area contributed by atoms with E-state index in [0.717, 1.165) is 31.7 Å². The normalized spacial score (nSPS) is 22.6. The van der Waals surface area contributed by atoms with Gasteiger partial charge in [0.2, 0.25) is 5.91 Å². The van der Waals surface area contributed by atoms with Crippen LogP contribution in [0.3, 0.4) is 0 Å². The van der Waals surface area contributed by atoms with E-state index in [-0.39, 0.29) is 17.9 Å². The fourth-order valence-corrected chi connectivity index (χ4v) is 3.03. The lowest BCUT2D eigenvalue weighted by Gasteiger charge is -2.25. The van der Waals surface area contributed by atoms with E-state index in [2.05, 4.69) is 21.2 Å². The van der Waals surface area contributed by atoms with Crippen molar-refractivity contribution in [3.63, 3.8) is 0 Å². The minimum atomic E-state index is -0.928. The monoisotopic (exact) mass is 345 g/mol. The highest BCUT2D eigenvalue weighted by Gasteiger charge is 2.20. The van der Waals surface area contributed by atoms with Gasteiger partial charge in [-0.3, -0.25) is 4.79 Å². The fourth-order valence-electron chi connectivity index (χ4n) is 2.50. The van der Waals surface area contributed by atoms with Crippen molar-refractivity contribution in [2.24, 2.45) is 5.92 Å². The summed E-state index contributed by atoms with van der Waals surface area (Å²) >= 11 is 3.59. The second kappa shape index (κ2) is 7.16. The molecule has 1 fully saturated rings. The molecule has 1 aromatic carbocycles. The van der Waals surface area contributed by atoms with Crippen molar-refractivity contribution in [1.29, 1.82) is 0 Å². The van der Waals surface area contributed by atoms with Gasteiger partial charge in [0, 0.05) is 16.9 Å². The molecule has 1 amide bonds. The van der Waals surface area contributed by atoms with E-state index in [9.17, 15) is 13.6 Å². The lowest BCUT2D eigenvalue weighted by molar-refractivity contribution is -0.120. The topological polar surface area (TPSA) is 29.1 Å². The maximum atomic E-state index is 13.4. The Morgan fingerprint density at radius 3 is 2.65 bits per heavy atom. The van der Waals surface area contributed by atoms with Crippen molar-refractivity contribution < 1.29 is 13.6 Å². The molecule has 2 nitrogen and oxygen atoms in total. The number of hydrogen-bond acceptors (Lipinski definition) is 1. The summed E-state index contributed by atoms with van der Waals surface area (Å²) in [5.74, 6) is -1.60. The van der Waals surface area contributed by atoms with Gasteiger partial charge in [-0.05, 0) is 37.7 Å². The molecule has 0 radical (unpaired) electrons. The number of alkyl halides is 1. The second-order valence-corrected chi connectivity index (χ2v) is 6.61. The molecule has 20 heavy (non-hydrogen) atoms. The van der Waals surface area contributed by atoms with Crippen LogP contribution in [0.4, 0.5) is 8.78 Å². The van der Waals surface area contributed by atoms with Crippen LogP contribution in [0.15, 0.2) is 18.2 Å². The Bertz CT molecular complexity index is 473. The van der Waals surface area contributed by atoms with Crippen molar-refractivity contribution in [3.8, 4) is 0 Å². The van der Waals surface area contributed by atoms with E-state index in [1.807, 2.05) is 0 Å². The van der Waals surface area contributed by atoms with Crippen LogP contribution in [-0.2, 0) is 11.2 Å². The Hall–Kier alpha value is -0.970. The summed E-state index contributed by atoms with van der Waals surface area (Å²) in [7, 11) is 0. The van der Waals surface area contributed by atoms with Crippen LogP contribution in [0.5, 0.6) is 0 Å². The van der Waals surface area contributed by atoms with Crippen LogP contribution in [0.2, 0.25) is 0 Å². The molecule has 1 aliphatic rings. The number of amides is 1. The first-order valence-electron chi connectivity index (χ1n) is 6.90. The number of benzene rings is 1. The van der Waals surface area contributed by atoms with Gasteiger partial charge in [0.1, 0.15) is 0 Å². The van der Waals surface area contributed by atoms with Crippen LogP contribution in [0.1, 0.15) is 31.2 Å². The maximum Gasteiger partial charge on any atom is 0.224 e. The molecule has 0 spiro atoms. The Labute approximate surface area is 126 Å². The summed E-state index contributed by atoms with van der Waals surface area (Å²) in [6.07, 6.45) is 4.31. The average Bonchev–Trinajstić information content (AvgIpc) is 2.43. The van der Waals surface area contributed by atoms with Crippen molar-refractivity contribution in [2.45, 2.75) is 36.9 Å². The number of halogens is 3. The van der Waals surface area contributed by atoms with Crippen molar-refractivity contribution in [2.75, 3.05) is 6.54 Å². The van der Waals surface area contributed by atoms with Gasteiger partial charge in [-0.1, -0.05) is 28.1 Å². The number of hydrogen-bond donors (Lipinski definition) is 1. The van der Waals surface area contributed by atoms with Gasteiger partial charge in [0.05, 0.1) is 6.42 Å². The van der Waals surface area contributed by atoms with Crippen molar-refractivity contribution in [1.82, 2.24) is 5.32 Å². The quantitative estimate of drug-likeness (QED) is 0.830. The molecule has 5 heteroatoms. The van der Waals surface area contributed by atoms with Gasteiger partial charge in [-0.25, -0.2) is 8.78 Å². The van der Waals surface area contributed by atoms with E-state index >= 15 is 0 Å². The average molecular weight is 346 g/mol. The van der Waals surface area contributed by atoms with Gasteiger partial charge >= 0.3 is 0 Å². The fraction of sp³-hybridized carbons (Fsp3) is 0.533. The maximum absolute atomic E-state index is 13.4. The molecule has 0 aromatic heterocycles. The van der Waals surface area contributed by atoms with Crippen LogP contribution < -0.4 is 5.32 Å². The molecule has 1 aromatic rings. The first kappa shape index (κ1) is 15.4. The van der Waals surface area contributed by atoms with Gasteiger partial charge in [-0.2, -0.15) is 0 Å². The number of carbonyl (C=O) groups is 1. The lowest BCUT2D eigenvalue weighted by atomic mass is 9.89. The van der Waals surface area contributed by atoms with Gasteiger partial charge < -0.3 is 5.32 Å². The van der Waals surface area contributed by atoms with E-state index in [0.29, 0.717) is 17.3 Å². The third kappa shape index (κ3) is 4.27. The Morgan fingerprint density at radius 2 is 1.95 bits per heavy atom. The van der Waals surface area contributed by atoms with Crippen molar-refractivity contribution >= 4 is 21.8 Å². The molecule has 0 bridgehead atoms. The molecular formula is C15H18BrF2NO. The molecule has 0 aliphatic heterocycles. The predicted octanol–water partition coefficient (Wildman–Crippen LogP) is 3.58. The molecule has 110 valence electrons. The Kier molecular flexibility index (Phi) is 5.52. The third-order valence-corrected chi connectivity index (χ3v) is 4.66. The number of carbonyl (C=O) groups excluding carboxylic acids is 1. The standard InChI is InChI=1S/C15H18BrF2NO/c16-12-6-4-10(5-7-12)9-19-14(20)8-11-2-1-3-13(17)15(11)18/h1-3,10,12H,4-9H2,(H,19,20). The van der Waals surface area contributed by atoms with Crippen LogP contribution in [0.25, 0.3) is 0 Å². The zero-order valence-corrected chi connectivity index (χ0v) is 12.8. The van der Waals surface area contributed by atoms with Gasteiger partial charge in [0.25, 0.3) is 0 Å². The Balaban J connectivity index is 1.79. The summed E-state index contributed by atoms with van der Waals surface area (Å²) in [6.45, 7) is 0.621. The molecule has 1 saturated carbocycles. The molecule has 1 aliphatic carbocycles. The van der Waals surface area contributed by atoms with E-state index in [1.54, 1.807) is 0 Å². The molecule has 2 rings (SSSR count). The molecule has 0 saturated heterocycles. The summed E-state index contributed by atoms with van der Waals surface area (Å²) in [6, 6.07) is 3.90. The van der Waals surface area contributed by atoms with Gasteiger partial charge in [0.15, 0.2) is 11.6 Å². The molecular weight excluding hydrogens is 328 g/mol. The van der Waals surface area contributed by atoms with Gasteiger partial charge in [-0.15, -0.1) is 0 Å². The largest absolute Gasteiger partial charge is 0.356 e. The first-order valence-corrected chi connectivity index (χ1v) is 7.81. The lowest BCUT2D eigenvalue weighted by Crippen LogP contribution is -2.32. The highest BCUT2D eigenvalue weighted by Crippen LogP contribution is 2.28. The molecule has 0 unspecified atom stereocenters. The Morgan fingerprint density at radius 1 is 1.25 bits per heavy atom. The highest BCUT2D eigenvalue weighted by atomic mass is 79.9. The van der Waals surface area contributed by atoms with Crippen LogP contribution in [0, 0.1) is 17.6 Å². The summed E-state index contributed by atoms with van der Waals surface area (Å²) in [5, 5.41) is 2.82. The number of rotatable bonds is 4. The number of nitrogens with one attached hydrogen (secondary N) is 1. The third-order valence-electron chi connectivity index (χ3n) is 3.75. The zero-order chi connectivity index (χ0) is 14.5. The summed E-state index contributed by atoms with van der Waals surface area (Å²) < 4.78 is 26.5. The SMILES string of the molecule is O=C(Cc1cccc(F)c1F)NCC1CCC(Br)CC1. The van der Waals surface area contributed by atoms with Crippen LogP contribution >= 0.6 is 15.9 Å². The van der Waals surface area contributed by atoms with Crippen molar-refractivity contribution in [3.05, 3.63) is 35.4 Å².